The van der Waals surface area contributed by atoms with Gasteiger partial charge in [-0.05, 0) is 44.7 Å². The molecule has 1 N–H and O–H groups in total. The molecule has 33 heavy (non-hydrogen) atoms. The molecule has 0 unspecified atom stereocenters. The number of hydrogen-bond donors (Lipinski definition) is 1. The van der Waals surface area contributed by atoms with Crippen LogP contribution in [-0.4, -0.2) is 56.2 Å². The molecule has 1 spiro atoms. The Bertz CT molecular complexity index is 1010. The van der Waals surface area contributed by atoms with Crippen LogP contribution in [0.1, 0.15) is 54.9 Å². The molecular formula is C25H32F2N4O2. The highest BCUT2D eigenvalue weighted by atomic mass is 19.3. The van der Waals surface area contributed by atoms with Gasteiger partial charge in [0.05, 0.1) is 36.1 Å². The molecule has 5 rings (SSSR count). The van der Waals surface area contributed by atoms with E-state index in [1.54, 1.807) is 6.20 Å². The van der Waals surface area contributed by atoms with Gasteiger partial charge in [-0.1, -0.05) is 11.6 Å². The SMILES string of the molecule is CC1=CC(NC(=O)c2c(N3CCCC(F)(F)CC3)ncc(N3CC4(COC4)C3)c2C)=CCC1. The Hall–Kier alpha value is -2.48. The van der Waals surface area contributed by atoms with E-state index < -0.39 is 5.92 Å². The maximum atomic E-state index is 14.0. The normalized spacial score (nSPS) is 23.8. The number of allylic oxidation sites excluding steroid dienone is 3. The third-order valence-electron chi connectivity index (χ3n) is 7.31. The predicted octanol–water partition coefficient (Wildman–Crippen LogP) is 4.21. The Morgan fingerprint density at radius 2 is 1.94 bits per heavy atom. The van der Waals surface area contributed by atoms with Gasteiger partial charge in [0.15, 0.2) is 0 Å². The number of aromatic nitrogens is 1. The number of anilines is 2. The highest BCUT2D eigenvalue weighted by Gasteiger charge is 2.49. The quantitative estimate of drug-likeness (QED) is 0.733. The van der Waals surface area contributed by atoms with E-state index in [0.717, 1.165) is 56.1 Å². The molecule has 1 amide bonds. The molecule has 3 aliphatic heterocycles. The Balaban J connectivity index is 1.46. The predicted molar refractivity (Wildman–Crippen MR) is 124 cm³/mol. The minimum absolute atomic E-state index is 0.128. The van der Waals surface area contributed by atoms with Crippen LogP contribution >= 0.6 is 0 Å². The number of pyridine rings is 1. The number of carbonyl (C=O) groups excluding carboxylic acids is 1. The van der Waals surface area contributed by atoms with Gasteiger partial charge in [0.2, 0.25) is 5.92 Å². The summed E-state index contributed by atoms with van der Waals surface area (Å²) in [6.07, 6.45) is 7.73. The number of amides is 1. The molecule has 6 nitrogen and oxygen atoms in total. The highest BCUT2D eigenvalue weighted by Crippen LogP contribution is 2.42. The van der Waals surface area contributed by atoms with Crippen LogP contribution in [0.5, 0.6) is 0 Å². The Morgan fingerprint density at radius 3 is 2.64 bits per heavy atom. The van der Waals surface area contributed by atoms with E-state index >= 15 is 0 Å². The molecule has 3 fully saturated rings. The van der Waals surface area contributed by atoms with Crippen molar-refractivity contribution in [3.05, 3.63) is 40.7 Å². The van der Waals surface area contributed by atoms with E-state index in [4.69, 9.17) is 4.74 Å². The fourth-order valence-corrected chi connectivity index (χ4v) is 5.33. The lowest BCUT2D eigenvalue weighted by atomic mass is 9.77. The van der Waals surface area contributed by atoms with E-state index in [2.05, 4.69) is 22.1 Å². The monoisotopic (exact) mass is 458 g/mol. The van der Waals surface area contributed by atoms with Crippen molar-refractivity contribution in [3.63, 3.8) is 0 Å². The summed E-state index contributed by atoms with van der Waals surface area (Å²) in [6, 6.07) is 0. The van der Waals surface area contributed by atoms with Gasteiger partial charge in [0.1, 0.15) is 5.82 Å². The molecule has 1 aliphatic carbocycles. The minimum atomic E-state index is -2.67. The Kier molecular flexibility index (Phi) is 5.67. The van der Waals surface area contributed by atoms with E-state index in [1.165, 1.54) is 5.57 Å². The van der Waals surface area contributed by atoms with E-state index in [0.29, 0.717) is 24.3 Å². The van der Waals surface area contributed by atoms with Gasteiger partial charge < -0.3 is 19.9 Å². The largest absolute Gasteiger partial charge is 0.380 e. The first-order valence-corrected chi connectivity index (χ1v) is 11.9. The number of nitrogens with one attached hydrogen (secondary N) is 1. The van der Waals surface area contributed by atoms with Gasteiger partial charge in [-0.25, -0.2) is 13.8 Å². The number of hydrogen-bond acceptors (Lipinski definition) is 5. The van der Waals surface area contributed by atoms with Crippen molar-refractivity contribution >= 4 is 17.4 Å². The maximum Gasteiger partial charge on any atom is 0.259 e. The fraction of sp³-hybridized carbons (Fsp3) is 0.600. The van der Waals surface area contributed by atoms with Crippen molar-refractivity contribution in [2.45, 2.75) is 51.9 Å². The van der Waals surface area contributed by atoms with Crippen LogP contribution in [0.3, 0.4) is 0 Å². The first-order valence-electron chi connectivity index (χ1n) is 11.9. The summed E-state index contributed by atoms with van der Waals surface area (Å²) in [5, 5.41) is 3.05. The molecule has 0 atom stereocenters. The second-order valence-electron chi connectivity index (χ2n) is 10.2. The van der Waals surface area contributed by atoms with Gasteiger partial charge in [0.25, 0.3) is 5.91 Å². The average Bonchev–Trinajstić information content (AvgIpc) is 2.87. The number of alkyl halides is 2. The van der Waals surface area contributed by atoms with Crippen LogP contribution in [0.15, 0.2) is 29.6 Å². The van der Waals surface area contributed by atoms with Crippen molar-refractivity contribution in [3.8, 4) is 0 Å². The fourth-order valence-electron chi connectivity index (χ4n) is 5.33. The highest BCUT2D eigenvalue weighted by molar-refractivity contribution is 6.02. The van der Waals surface area contributed by atoms with Crippen molar-refractivity contribution < 1.29 is 18.3 Å². The molecule has 0 bridgehead atoms. The zero-order chi connectivity index (χ0) is 23.2. The zero-order valence-corrected chi connectivity index (χ0v) is 19.4. The smallest absolute Gasteiger partial charge is 0.259 e. The molecule has 1 aromatic heterocycles. The summed E-state index contributed by atoms with van der Waals surface area (Å²) >= 11 is 0. The minimum Gasteiger partial charge on any atom is -0.380 e. The molecule has 178 valence electrons. The molecule has 0 saturated carbocycles. The molecule has 0 radical (unpaired) electrons. The molecule has 1 aromatic rings. The Labute approximate surface area is 193 Å². The van der Waals surface area contributed by atoms with Crippen LogP contribution in [-0.2, 0) is 4.74 Å². The van der Waals surface area contributed by atoms with Crippen LogP contribution in [0.25, 0.3) is 0 Å². The van der Waals surface area contributed by atoms with Gasteiger partial charge in [0, 0.05) is 44.7 Å². The van der Waals surface area contributed by atoms with Gasteiger partial charge >= 0.3 is 0 Å². The van der Waals surface area contributed by atoms with Gasteiger partial charge in [-0.15, -0.1) is 0 Å². The lowest BCUT2D eigenvalue weighted by Gasteiger charge is -2.56. The summed E-state index contributed by atoms with van der Waals surface area (Å²) in [5.41, 5.74) is 4.52. The molecular weight excluding hydrogens is 426 g/mol. The van der Waals surface area contributed by atoms with Crippen LogP contribution in [0, 0.1) is 12.3 Å². The first kappa shape index (κ1) is 22.3. The van der Waals surface area contributed by atoms with E-state index in [9.17, 15) is 13.6 Å². The second-order valence-corrected chi connectivity index (χ2v) is 10.2. The first-order chi connectivity index (χ1) is 15.8. The number of rotatable bonds is 4. The third kappa shape index (κ3) is 4.37. The molecule has 0 aromatic carbocycles. The maximum absolute atomic E-state index is 14.0. The van der Waals surface area contributed by atoms with Crippen LogP contribution in [0.2, 0.25) is 0 Å². The summed E-state index contributed by atoms with van der Waals surface area (Å²) in [6.45, 7) is 7.99. The van der Waals surface area contributed by atoms with Crippen LogP contribution in [0.4, 0.5) is 20.3 Å². The third-order valence-corrected chi connectivity index (χ3v) is 7.31. The van der Waals surface area contributed by atoms with Crippen LogP contribution < -0.4 is 15.1 Å². The van der Waals surface area contributed by atoms with E-state index in [1.807, 2.05) is 24.0 Å². The van der Waals surface area contributed by atoms with Crippen molar-refractivity contribution in [2.24, 2.45) is 5.41 Å². The summed E-state index contributed by atoms with van der Waals surface area (Å²) < 4.78 is 33.4. The number of halogens is 2. The number of carbonyl (C=O) groups is 1. The lowest BCUT2D eigenvalue weighted by Crippen LogP contribution is -2.66. The topological polar surface area (TPSA) is 57.7 Å². The summed E-state index contributed by atoms with van der Waals surface area (Å²) in [5.74, 6) is -2.39. The molecule has 4 heterocycles. The molecule has 3 saturated heterocycles. The van der Waals surface area contributed by atoms with Gasteiger partial charge in [-0.2, -0.15) is 0 Å². The Morgan fingerprint density at radius 1 is 1.15 bits per heavy atom. The van der Waals surface area contributed by atoms with Crippen molar-refractivity contribution in [1.82, 2.24) is 10.3 Å². The average molecular weight is 459 g/mol. The summed E-state index contributed by atoms with van der Waals surface area (Å²) in [4.78, 5) is 22.4. The lowest BCUT2D eigenvalue weighted by molar-refractivity contribution is -0.127. The zero-order valence-electron chi connectivity index (χ0n) is 19.4. The van der Waals surface area contributed by atoms with E-state index in [-0.39, 0.29) is 30.7 Å². The standard InChI is InChI=1S/C25H32F2N4O2/c1-17-5-3-6-19(11-17)29-23(32)21-18(2)20(31-13-24(14-31)15-33-16-24)12-28-22(21)30-9-4-7-25(26,27)8-10-30/h6,11-12H,3-5,7-10,13-16H2,1-2H3,(H,29,32). The second kappa shape index (κ2) is 8.38. The number of nitrogens with zero attached hydrogens (tertiary/aromatic N) is 3. The molecule has 8 heteroatoms. The van der Waals surface area contributed by atoms with Crippen molar-refractivity contribution in [1.29, 1.82) is 0 Å². The van der Waals surface area contributed by atoms with Gasteiger partial charge in [-0.3, -0.25) is 4.79 Å². The summed E-state index contributed by atoms with van der Waals surface area (Å²) in [7, 11) is 0. The van der Waals surface area contributed by atoms with Crippen molar-refractivity contribution in [2.75, 3.05) is 49.2 Å². The number of ether oxygens (including phenoxy) is 1. The molecule has 4 aliphatic rings.